The highest BCUT2D eigenvalue weighted by atomic mass is 16.2. The molecule has 17 heavy (non-hydrogen) atoms. The molecule has 1 amide bonds. The number of hydrogen-bond donors (Lipinski definition) is 0. The van der Waals surface area contributed by atoms with E-state index in [1.807, 2.05) is 4.90 Å². The van der Waals surface area contributed by atoms with Crippen molar-refractivity contribution in [2.45, 2.75) is 6.92 Å². The van der Waals surface area contributed by atoms with Crippen LogP contribution >= 0.6 is 0 Å². The number of pyridine rings is 1. The van der Waals surface area contributed by atoms with Crippen molar-refractivity contribution in [3.63, 3.8) is 0 Å². The fraction of sp³-hybridized carbons (Fsp3) is 0.417. The van der Waals surface area contributed by atoms with E-state index in [1.54, 1.807) is 30.3 Å². The summed E-state index contributed by atoms with van der Waals surface area (Å²) in [5.41, 5.74) is 0.626. The van der Waals surface area contributed by atoms with Gasteiger partial charge in [-0.2, -0.15) is 0 Å². The van der Waals surface area contributed by atoms with E-state index >= 15 is 0 Å². The van der Waals surface area contributed by atoms with Gasteiger partial charge in [0, 0.05) is 31.9 Å². The van der Waals surface area contributed by atoms with E-state index in [0.717, 1.165) is 6.54 Å². The Balaban J connectivity index is 2.20. The monoisotopic (exact) mass is 233 g/mol. The lowest BCUT2D eigenvalue weighted by molar-refractivity contribution is -0.129. The molecule has 1 saturated heterocycles. The van der Waals surface area contributed by atoms with Gasteiger partial charge in [0.05, 0.1) is 6.54 Å². The lowest BCUT2D eigenvalue weighted by Crippen LogP contribution is -2.48. The van der Waals surface area contributed by atoms with E-state index < -0.39 is 0 Å². The summed E-state index contributed by atoms with van der Waals surface area (Å²) in [6.45, 7) is 3.28. The Bertz CT molecular complexity index is 459. The second-order valence-electron chi connectivity index (χ2n) is 4.20. The van der Waals surface area contributed by atoms with Gasteiger partial charge in [-0.3, -0.25) is 9.59 Å². The number of hydrogen-bond acceptors (Lipinski definition) is 4. The van der Waals surface area contributed by atoms with Crippen molar-refractivity contribution >= 4 is 17.5 Å². The summed E-state index contributed by atoms with van der Waals surface area (Å²) in [5.74, 6) is 0.777. The van der Waals surface area contributed by atoms with Crippen LogP contribution in [-0.2, 0) is 4.79 Å². The Morgan fingerprint density at radius 1 is 1.41 bits per heavy atom. The van der Waals surface area contributed by atoms with Crippen LogP contribution in [0.1, 0.15) is 17.3 Å². The van der Waals surface area contributed by atoms with Crippen LogP contribution in [0.5, 0.6) is 0 Å². The molecule has 0 aliphatic carbocycles. The first-order valence-electron chi connectivity index (χ1n) is 5.54. The highest BCUT2D eigenvalue weighted by Crippen LogP contribution is 2.15. The molecular formula is C12H15N3O2. The maximum atomic E-state index is 11.6. The summed E-state index contributed by atoms with van der Waals surface area (Å²) in [6, 6.07) is 3.42. The molecule has 1 aliphatic heterocycles. The van der Waals surface area contributed by atoms with Gasteiger partial charge in [-0.15, -0.1) is 0 Å². The number of aromatic nitrogens is 1. The molecule has 5 heteroatoms. The summed E-state index contributed by atoms with van der Waals surface area (Å²) in [5, 5.41) is 0. The number of amides is 1. The van der Waals surface area contributed by atoms with Gasteiger partial charge < -0.3 is 9.80 Å². The van der Waals surface area contributed by atoms with Gasteiger partial charge in [-0.05, 0) is 19.1 Å². The second kappa shape index (κ2) is 4.53. The van der Waals surface area contributed by atoms with Gasteiger partial charge in [0.15, 0.2) is 5.78 Å². The third kappa shape index (κ3) is 2.43. The predicted octanol–water partition coefficient (Wildman–Crippen LogP) is 0.563. The summed E-state index contributed by atoms with van der Waals surface area (Å²) in [7, 11) is 1.79. The average Bonchev–Trinajstić information content (AvgIpc) is 2.33. The summed E-state index contributed by atoms with van der Waals surface area (Å²) in [4.78, 5) is 30.7. The van der Waals surface area contributed by atoms with Crippen molar-refractivity contribution < 1.29 is 9.59 Å². The lowest BCUT2D eigenvalue weighted by Gasteiger charge is -2.32. The molecule has 0 spiro atoms. The normalized spacial score (nSPS) is 16.2. The Hall–Kier alpha value is -1.91. The summed E-state index contributed by atoms with van der Waals surface area (Å²) < 4.78 is 0. The molecule has 0 aromatic carbocycles. The molecule has 1 aromatic rings. The standard InChI is InChI=1S/C12H15N3O2/c1-9(16)10-3-4-13-11(7-10)15-6-5-14(2)12(17)8-15/h3-4,7H,5-6,8H2,1-2H3. The molecule has 0 N–H and O–H groups in total. The number of carbonyl (C=O) groups excluding carboxylic acids is 2. The molecule has 0 atom stereocenters. The maximum absolute atomic E-state index is 11.6. The van der Waals surface area contributed by atoms with Crippen LogP contribution in [0, 0.1) is 0 Å². The van der Waals surface area contributed by atoms with Crippen LogP contribution in [0.4, 0.5) is 5.82 Å². The first-order valence-corrected chi connectivity index (χ1v) is 5.54. The number of likely N-dealkylation sites (N-methyl/N-ethyl adjacent to an activating group) is 1. The van der Waals surface area contributed by atoms with Crippen LogP contribution < -0.4 is 4.90 Å². The zero-order chi connectivity index (χ0) is 12.4. The number of carbonyl (C=O) groups is 2. The molecule has 0 radical (unpaired) electrons. The topological polar surface area (TPSA) is 53.5 Å². The van der Waals surface area contributed by atoms with Crippen molar-refractivity contribution in [3.05, 3.63) is 23.9 Å². The van der Waals surface area contributed by atoms with E-state index in [9.17, 15) is 9.59 Å². The third-order valence-electron chi connectivity index (χ3n) is 2.93. The molecule has 90 valence electrons. The third-order valence-corrected chi connectivity index (χ3v) is 2.93. The van der Waals surface area contributed by atoms with Crippen molar-refractivity contribution in [1.82, 2.24) is 9.88 Å². The van der Waals surface area contributed by atoms with Crippen molar-refractivity contribution in [2.75, 3.05) is 31.6 Å². The molecule has 0 unspecified atom stereocenters. The zero-order valence-electron chi connectivity index (χ0n) is 10.0. The fourth-order valence-corrected chi connectivity index (χ4v) is 1.76. The van der Waals surface area contributed by atoms with E-state index in [2.05, 4.69) is 4.98 Å². The minimum atomic E-state index is 0.00843. The summed E-state index contributed by atoms with van der Waals surface area (Å²) in [6.07, 6.45) is 1.61. The molecule has 1 aromatic heterocycles. The lowest BCUT2D eigenvalue weighted by atomic mass is 10.2. The number of ketones is 1. The number of nitrogens with zero attached hydrogens (tertiary/aromatic N) is 3. The van der Waals surface area contributed by atoms with Gasteiger partial charge >= 0.3 is 0 Å². The van der Waals surface area contributed by atoms with Gasteiger partial charge in [-0.1, -0.05) is 0 Å². The van der Waals surface area contributed by atoms with E-state index in [0.29, 0.717) is 24.5 Å². The Labute approximate surface area is 100 Å². The van der Waals surface area contributed by atoms with Crippen LogP contribution in [0.15, 0.2) is 18.3 Å². The average molecular weight is 233 g/mol. The zero-order valence-corrected chi connectivity index (χ0v) is 10.0. The Morgan fingerprint density at radius 2 is 2.18 bits per heavy atom. The highest BCUT2D eigenvalue weighted by Gasteiger charge is 2.22. The Morgan fingerprint density at radius 3 is 2.82 bits per heavy atom. The molecular weight excluding hydrogens is 218 g/mol. The fourth-order valence-electron chi connectivity index (χ4n) is 1.76. The number of Topliss-reactive ketones (excluding diaryl/α,β-unsaturated/α-hetero) is 1. The molecule has 1 fully saturated rings. The largest absolute Gasteiger partial charge is 0.346 e. The minimum absolute atomic E-state index is 0.00843. The molecule has 1 aliphatic rings. The van der Waals surface area contributed by atoms with Crippen LogP contribution in [-0.4, -0.2) is 48.3 Å². The van der Waals surface area contributed by atoms with Crippen molar-refractivity contribution in [3.8, 4) is 0 Å². The minimum Gasteiger partial charge on any atom is -0.346 e. The predicted molar refractivity (Wildman–Crippen MR) is 64.1 cm³/mol. The van der Waals surface area contributed by atoms with Gasteiger partial charge in [-0.25, -0.2) is 4.98 Å². The first-order chi connectivity index (χ1) is 8.08. The van der Waals surface area contributed by atoms with Gasteiger partial charge in [0.2, 0.25) is 5.91 Å². The first kappa shape index (κ1) is 11.6. The molecule has 2 rings (SSSR count). The van der Waals surface area contributed by atoms with Crippen LogP contribution in [0.25, 0.3) is 0 Å². The van der Waals surface area contributed by atoms with Gasteiger partial charge in [0.25, 0.3) is 0 Å². The van der Waals surface area contributed by atoms with Crippen LogP contribution in [0.3, 0.4) is 0 Å². The van der Waals surface area contributed by atoms with E-state index in [1.165, 1.54) is 6.92 Å². The quantitative estimate of drug-likeness (QED) is 0.700. The highest BCUT2D eigenvalue weighted by molar-refractivity contribution is 5.94. The Kier molecular flexibility index (Phi) is 3.08. The molecule has 2 heterocycles. The van der Waals surface area contributed by atoms with E-state index in [4.69, 9.17) is 0 Å². The SMILES string of the molecule is CC(=O)c1ccnc(N2CCN(C)C(=O)C2)c1. The van der Waals surface area contributed by atoms with Crippen molar-refractivity contribution in [1.29, 1.82) is 0 Å². The molecule has 5 nitrogen and oxygen atoms in total. The number of rotatable bonds is 2. The number of anilines is 1. The molecule has 0 saturated carbocycles. The maximum Gasteiger partial charge on any atom is 0.241 e. The van der Waals surface area contributed by atoms with Gasteiger partial charge in [0.1, 0.15) is 5.82 Å². The second-order valence-corrected chi connectivity index (χ2v) is 4.20. The van der Waals surface area contributed by atoms with Crippen molar-refractivity contribution in [2.24, 2.45) is 0 Å². The van der Waals surface area contributed by atoms with Crippen LogP contribution in [0.2, 0.25) is 0 Å². The smallest absolute Gasteiger partial charge is 0.241 e. The van der Waals surface area contributed by atoms with E-state index in [-0.39, 0.29) is 11.7 Å². The molecule has 0 bridgehead atoms. The summed E-state index contributed by atoms with van der Waals surface area (Å²) >= 11 is 0. The number of piperazine rings is 1.